The van der Waals surface area contributed by atoms with Crippen LogP contribution in [0, 0.1) is 11.7 Å². The van der Waals surface area contributed by atoms with E-state index in [1.54, 1.807) is 18.5 Å². The second kappa shape index (κ2) is 13.3. The summed E-state index contributed by atoms with van der Waals surface area (Å²) in [4.78, 5) is 31.7. The van der Waals surface area contributed by atoms with Gasteiger partial charge in [0.05, 0.1) is 12.0 Å². The number of carboxylic acids is 1. The third kappa shape index (κ3) is 7.54. The Morgan fingerprint density at radius 1 is 1.05 bits per heavy atom. The number of aliphatic carboxylic acids is 1. The predicted octanol–water partition coefficient (Wildman–Crippen LogP) is 5.24. The summed E-state index contributed by atoms with van der Waals surface area (Å²) >= 11 is 0. The zero-order valence-corrected chi connectivity index (χ0v) is 23.5. The summed E-state index contributed by atoms with van der Waals surface area (Å²) in [6.45, 7) is 3.94. The van der Waals surface area contributed by atoms with Gasteiger partial charge >= 0.3 is 5.97 Å². The normalized spacial score (nSPS) is 15.1. The molecule has 0 spiro atoms. The maximum atomic E-state index is 13.2. The molecular weight excluding hydrogens is 535 g/mol. The van der Waals surface area contributed by atoms with E-state index in [4.69, 9.17) is 4.74 Å². The molecule has 2 unspecified atom stereocenters. The molecule has 9 heteroatoms. The van der Waals surface area contributed by atoms with Crippen LogP contribution in [0.25, 0.3) is 0 Å². The van der Waals surface area contributed by atoms with Gasteiger partial charge in [-0.25, -0.2) is 14.2 Å². The third-order valence-corrected chi connectivity index (χ3v) is 7.62. The van der Waals surface area contributed by atoms with Gasteiger partial charge in [0.15, 0.2) is 0 Å². The van der Waals surface area contributed by atoms with Crippen molar-refractivity contribution in [2.75, 3.05) is 18.0 Å². The van der Waals surface area contributed by atoms with Crippen molar-refractivity contribution in [3.8, 4) is 5.75 Å². The molecule has 218 valence electrons. The zero-order chi connectivity index (χ0) is 29.5. The largest absolute Gasteiger partial charge is 0.486 e. The lowest BCUT2D eigenvalue weighted by molar-refractivity contribution is -0.142. The molecule has 2 N–H and O–H groups in total. The highest BCUT2D eigenvalue weighted by Gasteiger charge is 2.29. The first kappa shape index (κ1) is 28.9. The average molecular weight is 571 g/mol. The molecule has 2 heterocycles. The number of carboxylic acid groups (broad SMARTS) is 1. The van der Waals surface area contributed by atoms with E-state index in [-0.39, 0.29) is 30.2 Å². The number of nitrogens with one attached hydrogen (secondary N) is 1. The van der Waals surface area contributed by atoms with Crippen molar-refractivity contribution in [1.82, 2.24) is 14.9 Å². The number of hydrogen-bond donors (Lipinski definition) is 2. The maximum absolute atomic E-state index is 13.2. The predicted molar refractivity (Wildman–Crippen MR) is 158 cm³/mol. The van der Waals surface area contributed by atoms with Crippen molar-refractivity contribution >= 4 is 17.6 Å². The van der Waals surface area contributed by atoms with Gasteiger partial charge in [0, 0.05) is 43.9 Å². The van der Waals surface area contributed by atoms with E-state index in [9.17, 15) is 19.1 Å². The summed E-state index contributed by atoms with van der Waals surface area (Å²) < 4.78 is 21.1. The number of rotatable bonds is 11. The number of piperidine rings is 1. The van der Waals surface area contributed by atoms with Crippen LogP contribution in [0.1, 0.15) is 42.7 Å². The number of aromatic nitrogens is 2. The fourth-order valence-electron chi connectivity index (χ4n) is 5.25. The minimum atomic E-state index is -1.08. The Kier molecular flexibility index (Phi) is 9.16. The molecule has 5 rings (SSSR count). The molecule has 2 atom stereocenters. The zero-order valence-electron chi connectivity index (χ0n) is 23.5. The van der Waals surface area contributed by atoms with E-state index in [0.29, 0.717) is 43.9 Å². The van der Waals surface area contributed by atoms with Crippen LogP contribution in [0.5, 0.6) is 5.75 Å². The molecule has 0 saturated carbocycles. The molecule has 1 saturated heterocycles. The highest BCUT2D eigenvalue weighted by atomic mass is 19.1. The number of imidazole rings is 1. The van der Waals surface area contributed by atoms with Crippen LogP contribution in [0.4, 0.5) is 10.1 Å². The van der Waals surface area contributed by atoms with Crippen LogP contribution < -0.4 is 15.0 Å². The first-order valence-corrected chi connectivity index (χ1v) is 14.2. The Labute approximate surface area is 244 Å². The standard InChI is InChI=1S/C33H35FN4O4/c1-23(42-30-12-10-27(34)11-13-30)26-8-5-9-29(18-26)38-16-14-25(15-17-38)32(39)36-31(33(40)41)19-28-21-37(22-35-28)20-24-6-3-2-4-7-24/h2-13,18,21-23,25,31H,14-17,19-20H2,1H3,(H,36,39)(H,40,41). The van der Waals surface area contributed by atoms with Gasteiger partial charge in [0.2, 0.25) is 5.91 Å². The highest BCUT2D eigenvalue weighted by molar-refractivity contribution is 5.85. The number of hydrogen-bond acceptors (Lipinski definition) is 5. The summed E-state index contributed by atoms with van der Waals surface area (Å²) in [5.41, 5.74) is 3.77. The second-order valence-corrected chi connectivity index (χ2v) is 10.7. The number of ether oxygens (including phenoxy) is 1. The van der Waals surface area contributed by atoms with Crippen LogP contribution in [-0.2, 0) is 22.6 Å². The van der Waals surface area contributed by atoms with Crippen LogP contribution in [0.15, 0.2) is 91.4 Å². The number of carbonyl (C=O) groups excluding carboxylic acids is 1. The lowest BCUT2D eigenvalue weighted by Gasteiger charge is -2.33. The van der Waals surface area contributed by atoms with E-state index >= 15 is 0 Å². The van der Waals surface area contributed by atoms with Gasteiger partial charge in [0.1, 0.15) is 23.7 Å². The number of halogens is 1. The van der Waals surface area contributed by atoms with Crippen molar-refractivity contribution in [2.24, 2.45) is 5.92 Å². The molecule has 0 radical (unpaired) electrons. The number of anilines is 1. The van der Waals surface area contributed by atoms with Crippen LogP contribution in [-0.4, -0.2) is 45.7 Å². The van der Waals surface area contributed by atoms with Crippen molar-refractivity contribution in [1.29, 1.82) is 0 Å². The van der Waals surface area contributed by atoms with E-state index in [2.05, 4.69) is 21.3 Å². The van der Waals surface area contributed by atoms with Crippen molar-refractivity contribution < 1.29 is 23.8 Å². The average Bonchev–Trinajstić information content (AvgIpc) is 3.45. The Balaban J connectivity index is 1.13. The molecule has 42 heavy (non-hydrogen) atoms. The summed E-state index contributed by atoms with van der Waals surface area (Å²) in [7, 11) is 0. The van der Waals surface area contributed by atoms with E-state index < -0.39 is 12.0 Å². The summed E-state index contributed by atoms with van der Waals surface area (Å²) in [6.07, 6.45) is 4.64. The fourth-order valence-corrected chi connectivity index (χ4v) is 5.25. The monoisotopic (exact) mass is 570 g/mol. The van der Waals surface area contributed by atoms with Crippen molar-refractivity contribution in [3.05, 3.63) is 114 Å². The molecule has 1 amide bonds. The fraction of sp³-hybridized carbons (Fsp3) is 0.303. The first-order chi connectivity index (χ1) is 20.3. The van der Waals surface area contributed by atoms with Crippen molar-refractivity contribution in [3.63, 3.8) is 0 Å². The van der Waals surface area contributed by atoms with Gasteiger partial charge in [0.25, 0.3) is 0 Å². The van der Waals surface area contributed by atoms with E-state index in [1.165, 1.54) is 12.1 Å². The SMILES string of the molecule is CC(Oc1ccc(F)cc1)c1cccc(N2CCC(C(=O)NC(Cc3cn(Cc4ccccc4)cn3)C(=O)O)CC2)c1. The molecule has 4 aromatic rings. The Bertz CT molecular complexity index is 1480. The number of benzene rings is 3. The quantitative estimate of drug-likeness (QED) is 0.256. The van der Waals surface area contributed by atoms with Gasteiger partial charge in [-0.3, -0.25) is 4.79 Å². The topological polar surface area (TPSA) is 96.7 Å². The molecule has 0 aliphatic carbocycles. The van der Waals surface area contributed by atoms with Crippen molar-refractivity contribution in [2.45, 2.75) is 44.9 Å². The van der Waals surface area contributed by atoms with Gasteiger partial charge < -0.3 is 24.6 Å². The Hall–Kier alpha value is -4.66. The van der Waals surface area contributed by atoms with Gasteiger partial charge in [-0.2, -0.15) is 0 Å². The minimum Gasteiger partial charge on any atom is -0.486 e. The van der Waals surface area contributed by atoms with Gasteiger partial charge in [-0.1, -0.05) is 42.5 Å². The summed E-state index contributed by atoms with van der Waals surface area (Å²) in [5, 5.41) is 12.6. The smallest absolute Gasteiger partial charge is 0.326 e. The molecule has 0 bridgehead atoms. The molecule has 1 aliphatic heterocycles. The van der Waals surface area contributed by atoms with Crippen LogP contribution in [0.3, 0.4) is 0 Å². The second-order valence-electron chi connectivity index (χ2n) is 10.7. The Morgan fingerprint density at radius 3 is 2.50 bits per heavy atom. The maximum Gasteiger partial charge on any atom is 0.326 e. The van der Waals surface area contributed by atoms with Crippen LogP contribution in [0.2, 0.25) is 0 Å². The van der Waals surface area contributed by atoms with Gasteiger partial charge in [-0.15, -0.1) is 0 Å². The van der Waals surface area contributed by atoms with E-state index in [1.807, 2.05) is 66.2 Å². The lowest BCUT2D eigenvalue weighted by Crippen LogP contribution is -2.47. The number of amides is 1. The number of carbonyl (C=O) groups is 2. The van der Waals surface area contributed by atoms with E-state index in [0.717, 1.165) is 16.8 Å². The summed E-state index contributed by atoms with van der Waals surface area (Å²) in [5.74, 6) is -1.28. The molecule has 8 nitrogen and oxygen atoms in total. The van der Waals surface area contributed by atoms with Crippen LogP contribution >= 0.6 is 0 Å². The molecule has 3 aromatic carbocycles. The molecule has 1 aromatic heterocycles. The summed E-state index contributed by atoms with van der Waals surface area (Å²) in [6, 6.07) is 22.9. The Morgan fingerprint density at radius 2 is 1.79 bits per heavy atom. The third-order valence-electron chi connectivity index (χ3n) is 7.62. The minimum absolute atomic E-state index is 0.118. The highest BCUT2D eigenvalue weighted by Crippen LogP contribution is 2.28. The molecule has 1 aliphatic rings. The number of nitrogens with zero attached hydrogens (tertiary/aromatic N) is 3. The molecule has 1 fully saturated rings. The van der Waals surface area contributed by atoms with Gasteiger partial charge in [-0.05, 0) is 67.3 Å². The lowest BCUT2D eigenvalue weighted by atomic mass is 9.94. The molecular formula is C33H35FN4O4. The first-order valence-electron chi connectivity index (χ1n) is 14.2.